The van der Waals surface area contributed by atoms with Gasteiger partial charge in [0.15, 0.2) is 0 Å². The van der Waals surface area contributed by atoms with Gasteiger partial charge in [0, 0.05) is 9.13 Å². The highest BCUT2D eigenvalue weighted by Gasteiger charge is 2.14. The van der Waals surface area contributed by atoms with E-state index in [4.69, 9.17) is 5.73 Å². The fourth-order valence-corrected chi connectivity index (χ4v) is 1.38. The summed E-state index contributed by atoms with van der Waals surface area (Å²) in [5.74, 6) is 0.142. The molecule has 1 aromatic heterocycles. The van der Waals surface area contributed by atoms with Crippen molar-refractivity contribution in [1.82, 2.24) is 4.98 Å². The number of nitrogen functional groups attached to an aromatic ring is 1. The van der Waals surface area contributed by atoms with Crippen molar-refractivity contribution in [3.05, 3.63) is 20.9 Å². The van der Waals surface area contributed by atoms with Crippen LogP contribution in [0.25, 0.3) is 0 Å². The zero-order chi connectivity index (χ0) is 9.30. The van der Waals surface area contributed by atoms with Crippen molar-refractivity contribution < 1.29 is 8.78 Å². The van der Waals surface area contributed by atoms with E-state index in [-0.39, 0.29) is 11.4 Å². The number of nitrogens with two attached hydrogens (primary N) is 1. The number of aromatic nitrogens is 1. The summed E-state index contributed by atoms with van der Waals surface area (Å²) in [7, 11) is 0. The molecule has 0 saturated heterocycles. The molecule has 0 radical (unpaired) electrons. The Labute approximate surface area is 82.3 Å². The van der Waals surface area contributed by atoms with Crippen molar-refractivity contribution in [1.29, 1.82) is 0 Å². The molecule has 2 N–H and O–H groups in total. The van der Waals surface area contributed by atoms with Crippen LogP contribution in [0.1, 0.15) is 17.7 Å². The van der Waals surface area contributed by atoms with Gasteiger partial charge < -0.3 is 5.73 Å². The number of hydrogen-bond donors (Lipinski definition) is 1. The molecule has 12 heavy (non-hydrogen) atoms. The molecule has 1 aromatic rings. The van der Waals surface area contributed by atoms with E-state index in [0.29, 0.717) is 9.26 Å². The van der Waals surface area contributed by atoms with Crippen molar-refractivity contribution in [3.8, 4) is 0 Å². The molecule has 0 amide bonds. The fourth-order valence-electron chi connectivity index (χ4n) is 0.865. The monoisotopic (exact) mass is 284 g/mol. The maximum atomic E-state index is 12.3. The summed E-state index contributed by atoms with van der Waals surface area (Å²) in [6.45, 7) is 1.66. The highest BCUT2D eigenvalue weighted by molar-refractivity contribution is 14.1. The van der Waals surface area contributed by atoms with Gasteiger partial charge in [-0.1, -0.05) is 0 Å². The maximum absolute atomic E-state index is 12.3. The Bertz CT molecular complexity index is 302. The predicted molar refractivity (Wildman–Crippen MR) is 51.1 cm³/mol. The zero-order valence-electron chi connectivity index (χ0n) is 6.31. The lowest BCUT2D eigenvalue weighted by atomic mass is 10.2. The number of aryl methyl sites for hydroxylation is 1. The second-order valence-corrected chi connectivity index (χ2v) is 3.42. The van der Waals surface area contributed by atoms with Crippen LogP contribution in [-0.2, 0) is 0 Å². The highest BCUT2D eigenvalue weighted by atomic mass is 127. The van der Waals surface area contributed by atoms with Crippen molar-refractivity contribution in [2.75, 3.05) is 5.73 Å². The normalized spacial score (nSPS) is 10.8. The van der Waals surface area contributed by atoms with Gasteiger partial charge in [-0.2, -0.15) is 0 Å². The highest BCUT2D eigenvalue weighted by Crippen LogP contribution is 2.27. The van der Waals surface area contributed by atoms with E-state index >= 15 is 0 Å². The quantitative estimate of drug-likeness (QED) is 0.805. The van der Waals surface area contributed by atoms with E-state index in [9.17, 15) is 8.78 Å². The van der Waals surface area contributed by atoms with Crippen molar-refractivity contribution in [2.45, 2.75) is 13.3 Å². The van der Waals surface area contributed by atoms with Crippen LogP contribution in [0.15, 0.2) is 6.07 Å². The van der Waals surface area contributed by atoms with E-state index in [2.05, 4.69) is 4.98 Å². The molecule has 0 aliphatic carbocycles. The minimum absolute atomic E-state index is 0.0411. The first-order valence-corrected chi connectivity index (χ1v) is 4.31. The molecule has 0 aliphatic heterocycles. The third kappa shape index (κ3) is 1.82. The Hall–Kier alpha value is -0.460. The molecule has 0 unspecified atom stereocenters. The molecule has 1 rings (SSSR count). The van der Waals surface area contributed by atoms with Gasteiger partial charge in [-0.25, -0.2) is 13.8 Å². The smallest absolute Gasteiger partial charge is 0.265 e. The number of alkyl halides is 2. The SMILES string of the molecule is Cc1nc(N)cc(C(F)F)c1I. The van der Waals surface area contributed by atoms with Crippen LogP contribution in [0.4, 0.5) is 14.6 Å². The Morgan fingerprint density at radius 1 is 1.58 bits per heavy atom. The van der Waals surface area contributed by atoms with Crippen LogP contribution in [0.5, 0.6) is 0 Å². The molecule has 0 atom stereocenters. The Kier molecular flexibility index (Phi) is 2.81. The van der Waals surface area contributed by atoms with Crippen LogP contribution in [0, 0.1) is 10.5 Å². The number of halogens is 3. The molecule has 0 bridgehead atoms. The molecule has 0 fully saturated rings. The molecule has 0 aliphatic rings. The first kappa shape index (κ1) is 9.63. The third-order valence-electron chi connectivity index (χ3n) is 1.41. The van der Waals surface area contributed by atoms with Crippen LogP contribution in [-0.4, -0.2) is 4.98 Å². The van der Waals surface area contributed by atoms with Gasteiger partial charge in [0.25, 0.3) is 6.43 Å². The standard InChI is InChI=1S/C7H7F2IN2/c1-3-6(10)4(7(8)9)2-5(11)12-3/h2,7H,1H3,(H2,11,12). The van der Waals surface area contributed by atoms with Gasteiger partial charge in [0.2, 0.25) is 0 Å². The Morgan fingerprint density at radius 3 is 2.67 bits per heavy atom. The van der Waals surface area contributed by atoms with E-state index < -0.39 is 6.43 Å². The van der Waals surface area contributed by atoms with Gasteiger partial charge in [-0.05, 0) is 35.6 Å². The number of nitrogens with zero attached hydrogens (tertiary/aromatic N) is 1. The summed E-state index contributed by atoms with van der Waals surface area (Å²) < 4.78 is 25.1. The summed E-state index contributed by atoms with van der Waals surface area (Å²) in [6.07, 6.45) is -2.49. The second kappa shape index (κ2) is 3.51. The van der Waals surface area contributed by atoms with E-state index in [1.54, 1.807) is 6.92 Å². The summed E-state index contributed by atoms with van der Waals surface area (Å²) in [5.41, 5.74) is 5.82. The lowest BCUT2D eigenvalue weighted by molar-refractivity contribution is 0.150. The van der Waals surface area contributed by atoms with Gasteiger partial charge >= 0.3 is 0 Å². The topological polar surface area (TPSA) is 38.9 Å². The van der Waals surface area contributed by atoms with Crippen LogP contribution < -0.4 is 5.73 Å². The number of anilines is 1. The summed E-state index contributed by atoms with van der Waals surface area (Å²) in [4.78, 5) is 3.85. The fraction of sp³-hybridized carbons (Fsp3) is 0.286. The van der Waals surface area contributed by atoms with Gasteiger partial charge in [0.1, 0.15) is 5.82 Å². The Morgan fingerprint density at radius 2 is 2.17 bits per heavy atom. The summed E-state index contributed by atoms with van der Waals surface area (Å²) in [6, 6.07) is 1.21. The summed E-state index contributed by atoms with van der Waals surface area (Å²) in [5, 5.41) is 0. The number of pyridine rings is 1. The van der Waals surface area contributed by atoms with Crippen molar-refractivity contribution in [3.63, 3.8) is 0 Å². The largest absolute Gasteiger partial charge is 0.384 e. The lowest BCUT2D eigenvalue weighted by Gasteiger charge is -2.06. The second-order valence-electron chi connectivity index (χ2n) is 2.34. The first-order valence-electron chi connectivity index (χ1n) is 3.23. The predicted octanol–water partition coefficient (Wildman–Crippen LogP) is 2.51. The summed E-state index contributed by atoms with van der Waals surface area (Å²) >= 11 is 1.84. The van der Waals surface area contributed by atoms with Crippen molar-refractivity contribution >= 4 is 28.4 Å². The number of hydrogen-bond acceptors (Lipinski definition) is 2. The molecule has 5 heteroatoms. The molecule has 1 heterocycles. The molecule has 0 saturated carbocycles. The van der Waals surface area contributed by atoms with Crippen LogP contribution in [0.3, 0.4) is 0 Å². The lowest BCUT2D eigenvalue weighted by Crippen LogP contribution is -2.00. The number of rotatable bonds is 1. The molecule has 2 nitrogen and oxygen atoms in total. The molecular weight excluding hydrogens is 277 g/mol. The van der Waals surface area contributed by atoms with Crippen LogP contribution >= 0.6 is 22.6 Å². The zero-order valence-corrected chi connectivity index (χ0v) is 8.47. The van der Waals surface area contributed by atoms with Crippen molar-refractivity contribution in [2.24, 2.45) is 0 Å². The molecule has 0 spiro atoms. The van der Waals surface area contributed by atoms with Crippen LogP contribution in [0.2, 0.25) is 0 Å². The van der Waals surface area contributed by atoms with E-state index in [1.165, 1.54) is 6.07 Å². The Balaban J connectivity index is 3.28. The average Bonchev–Trinajstić information content (AvgIpc) is 1.96. The molecular formula is C7H7F2IN2. The maximum Gasteiger partial charge on any atom is 0.265 e. The molecule has 0 aromatic carbocycles. The van der Waals surface area contributed by atoms with E-state index in [1.807, 2.05) is 22.6 Å². The molecule has 66 valence electrons. The first-order chi connectivity index (χ1) is 5.52. The van der Waals surface area contributed by atoms with Gasteiger partial charge in [-0.3, -0.25) is 0 Å². The third-order valence-corrected chi connectivity index (χ3v) is 2.81. The van der Waals surface area contributed by atoms with E-state index in [0.717, 1.165) is 0 Å². The average molecular weight is 284 g/mol. The minimum atomic E-state index is -2.49. The minimum Gasteiger partial charge on any atom is -0.384 e. The van der Waals surface area contributed by atoms with Gasteiger partial charge in [0.05, 0.1) is 5.69 Å². The van der Waals surface area contributed by atoms with Gasteiger partial charge in [-0.15, -0.1) is 0 Å².